The molecule has 1 aliphatic rings. The second-order valence-corrected chi connectivity index (χ2v) is 5.84. The summed E-state index contributed by atoms with van der Waals surface area (Å²) in [7, 11) is 2.19. The first kappa shape index (κ1) is 13.6. The van der Waals surface area contributed by atoms with Gasteiger partial charge in [0.15, 0.2) is 0 Å². The van der Waals surface area contributed by atoms with Crippen molar-refractivity contribution in [2.24, 2.45) is 0 Å². The van der Waals surface area contributed by atoms with Gasteiger partial charge in [0.25, 0.3) is 0 Å². The van der Waals surface area contributed by atoms with E-state index in [1.54, 1.807) is 0 Å². The maximum absolute atomic E-state index is 5.51. The molecule has 3 nitrogen and oxygen atoms in total. The average molecular weight is 250 g/mol. The summed E-state index contributed by atoms with van der Waals surface area (Å²) >= 11 is 3.77. The van der Waals surface area contributed by atoms with E-state index in [2.05, 4.69) is 22.5 Å². The Hall–Kier alpha value is 0.580. The molecule has 1 fully saturated rings. The van der Waals surface area contributed by atoms with Crippen molar-refractivity contribution in [2.75, 3.05) is 64.2 Å². The number of rotatable bonds is 7. The van der Waals surface area contributed by atoms with E-state index in [0.717, 1.165) is 24.7 Å². The van der Waals surface area contributed by atoms with E-state index in [4.69, 9.17) is 4.74 Å². The molecule has 0 bridgehead atoms. The summed E-state index contributed by atoms with van der Waals surface area (Å²) < 4.78 is 7.96. The molecule has 0 aliphatic carbocycles. The van der Waals surface area contributed by atoms with Gasteiger partial charge in [-0.1, -0.05) is 11.9 Å². The van der Waals surface area contributed by atoms with Crippen molar-refractivity contribution in [3.05, 3.63) is 0 Å². The molecular weight excluding hydrogens is 228 g/mol. The van der Waals surface area contributed by atoms with Gasteiger partial charge in [-0.2, -0.15) is 11.8 Å². The summed E-state index contributed by atoms with van der Waals surface area (Å²) in [5.41, 5.74) is 0. The number of likely N-dealkylation sites (N-methyl/N-ethyl adjacent to an activating group) is 1. The predicted octanol–water partition coefficient (Wildman–Crippen LogP) is 1.26. The Bertz CT molecular complexity index is 152. The Balaban J connectivity index is 1.87. The summed E-state index contributed by atoms with van der Waals surface area (Å²) in [5, 5.41) is 0. The van der Waals surface area contributed by atoms with Crippen LogP contribution in [0.5, 0.6) is 0 Å². The van der Waals surface area contributed by atoms with Gasteiger partial charge in [0.05, 0.1) is 13.2 Å². The molecule has 0 unspecified atom stereocenters. The summed E-state index contributed by atoms with van der Waals surface area (Å²) in [5.74, 6) is 2.21. The van der Waals surface area contributed by atoms with Gasteiger partial charge in [-0.05, 0) is 13.3 Å². The molecule has 0 atom stereocenters. The molecule has 1 rings (SSSR count). The minimum Gasteiger partial charge on any atom is -0.380 e. The highest BCUT2D eigenvalue weighted by atomic mass is 32.2. The fraction of sp³-hybridized carbons (Fsp3) is 1.00. The van der Waals surface area contributed by atoms with Gasteiger partial charge in [0.2, 0.25) is 0 Å². The highest BCUT2D eigenvalue weighted by Gasteiger charge is 2.13. The lowest BCUT2D eigenvalue weighted by Gasteiger charge is -2.31. The van der Waals surface area contributed by atoms with Gasteiger partial charge >= 0.3 is 0 Å². The molecule has 0 aromatic heterocycles. The van der Waals surface area contributed by atoms with Crippen LogP contribution in [0.4, 0.5) is 0 Å². The van der Waals surface area contributed by atoms with Gasteiger partial charge in [-0.3, -0.25) is 0 Å². The maximum atomic E-state index is 5.51. The third-order valence-electron chi connectivity index (χ3n) is 2.40. The van der Waals surface area contributed by atoms with Crippen molar-refractivity contribution in [3.8, 4) is 0 Å². The van der Waals surface area contributed by atoms with Crippen LogP contribution in [0, 0.1) is 0 Å². The van der Waals surface area contributed by atoms with Crippen LogP contribution >= 0.6 is 23.7 Å². The molecular formula is C10H22N2OS2. The van der Waals surface area contributed by atoms with Crippen molar-refractivity contribution >= 4 is 23.7 Å². The van der Waals surface area contributed by atoms with Crippen molar-refractivity contribution in [3.63, 3.8) is 0 Å². The number of hydrogen-bond donors (Lipinski definition) is 0. The van der Waals surface area contributed by atoms with Crippen LogP contribution < -0.4 is 0 Å². The van der Waals surface area contributed by atoms with E-state index in [1.165, 1.54) is 26.2 Å². The second-order valence-electron chi connectivity index (χ2n) is 3.67. The number of nitrogens with zero attached hydrogens (tertiary/aromatic N) is 2. The number of piperazine rings is 1. The van der Waals surface area contributed by atoms with E-state index >= 15 is 0 Å². The molecule has 0 amide bonds. The Morgan fingerprint density at radius 1 is 1.07 bits per heavy atom. The quantitative estimate of drug-likeness (QED) is 0.498. The van der Waals surface area contributed by atoms with E-state index in [0.29, 0.717) is 0 Å². The highest BCUT2D eigenvalue weighted by Crippen LogP contribution is 2.12. The fourth-order valence-electron chi connectivity index (χ4n) is 1.39. The summed E-state index contributed by atoms with van der Waals surface area (Å²) in [4.78, 5) is 2.38. The van der Waals surface area contributed by atoms with Crippen LogP contribution in [0.15, 0.2) is 0 Å². The largest absolute Gasteiger partial charge is 0.380 e. The molecule has 0 spiro atoms. The van der Waals surface area contributed by atoms with Crippen LogP contribution in [0.2, 0.25) is 0 Å². The normalized spacial score (nSPS) is 19.6. The minimum atomic E-state index is 0.886. The lowest BCUT2D eigenvalue weighted by atomic mass is 10.4. The van der Waals surface area contributed by atoms with Crippen molar-refractivity contribution in [1.29, 1.82) is 0 Å². The van der Waals surface area contributed by atoms with Crippen LogP contribution in [0.25, 0.3) is 0 Å². The summed E-state index contributed by atoms with van der Waals surface area (Å²) in [6.07, 6.45) is 2.11. The summed E-state index contributed by atoms with van der Waals surface area (Å²) in [6, 6.07) is 0. The van der Waals surface area contributed by atoms with Crippen LogP contribution in [0.1, 0.15) is 0 Å². The molecule has 0 aromatic rings. The van der Waals surface area contributed by atoms with Gasteiger partial charge in [0.1, 0.15) is 0 Å². The summed E-state index contributed by atoms with van der Waals surface area (Å²) in [6.45, 7) is 6.54. The SMILES string of the molecule is CSCCOCCSN1CCN(C)CC1. The van der Waals surface area contributed by atoms with Gasteiger partial charge in [-0.15, -0.1) is 0 Å². The number of thioether (sulfide) groups is 1. The first-order valence-electron chi connectivity index (χ1n) is 5.46. The Labute approximate surface area is 102 Å². The van der Waals surface area contributed by atoms with Crippen molar-refractivity contribution < 1.29 is 4.74 Å². The monoisotopic (exact) mass is 250 g/mol. The third kappa shape index (κ3) is 6.68. The Kier molecular flexibility index (Phi) is 7.91. The minimum absolute atomic E-state index is 0.886. The molecule has 90 valence electrons. The van der Waals surface area contributed by atoms with Gasteiger partial charge < -0.3 is 9.64 Å². The molecule has 0 radical (unpaired) electrons. The molecule has 0 aromatic carbocycles. The second kappa shape index (κ2) is 8.70. The number of ether oxygens (including phenoxy) is 1. The molecule has 1 saturated heterocycles. The van der Waals surface area contributed by atoms with Crippen molar-refractivity contribution in [2.45, 2.75) is 0 Å². The standard InChI is InChI=1S/C10H22N2OS2/c1-11-3-5-12(6-4-11)15-10-8-13-7-9-14-2/h3-10H2,1-2H3. The zero-order valence-corrected chi connectivity index (χ0v) is 11.4. The molecule has 1 aliphatic heterocycles. The zero-order valence-electron chi connectivity index (χ0n) is 9.78. The Morgan fingerprint density at radius 3 is 2.40 bits per heavy atom. The predicted molar refractivity (Wildman–Crippen MR) is 70.7 cm³/mol. The van der Waals surface area contributed by atoms with Gasteiger partial charge in [-0.25, -0.2) is 4.31 Å². The lowest BCUT2D eigenvalue weighted by Crippen LogP contribution is -2.41. The molecule has 0 N–H and O–H groups in total. The average Bonchev–Trinajstić information content (AvgIpc) is 2.26. The number of hydrogen-bond acceptors (Lipinski definition) is 5. The van der Waals surface area contributed by atoms with E-state index < -0.39 is 0 Å². The van der Waals surface area contributed by atoms with Crippen LogP contribution in [0.3, 0.4) is 0 Å². The molecule has 15 heavy (non-hydrogen) atoms. The van der Waals surface area contributed by atoms with Crippen LogP contribution in [-0.2, 0) is 4.74 Å². The first-order valence-corrected chi connectivity index (χ1v) is 7.79. The van der Waals surface area contributed by atoms with E-state index in [9.17, 15) is 0 Å². The van der Waals surface area contributed by atoms with E-state index in [1.807, 2.05) is 23.7 Å². The molecule has 0 saturated carbocycles. The first-order chi connectivity index (χ1) is 7.33. The smallest absolute Gasteiger partial charge is 0.0569 e. The van der Waals surface area contributed by atoms with E-state index in [-0.39, 0.29) is 0 Å². The highest BCUT2D eigenvalue weighted by molar-refractivity contribution is 7.98. The van der Waals surface area contributed by atoms with Crippen molar-refractivity contribution in [1.82, 2.24) is 9.21 Å². The topological polar surface area (TPSA) is 15.7 Å². The maximum Gasteiger partial charge on any atom is 0.0569 e. The zero-order chi connectivity index (χ0) is 10.9. The molecule has 5 heteroatoms. The fourth-order valence-corrected chi connectivity index (χ4v) is 2.54. The van der Waals surface area contributed by atoms with Crippen LogP contribution in [-0.4, -0.2) is 73.4 Å². The lowest BCUT2D eigenvalue weighted by molar-refractivity contribution is 0.166. The van der Waals surface area contributed by atoms with Gasteiger partial charge in [0, 0.05) is 37.7 Å². The Morgan fingerprint density at radius 2 is 1.73 bits per heavy atom. The third-order valence-corrected chi connectivity index (χ3v) is 4.05. The molecule has 1 heterocycles.